The second kappa shape index (κ2) is 8.42. The van der Waals surface area contributed by atoms with Crippen LogP contribution in [0.2, 0.25) is 0 Å². The van der Waals surface area contributed by atoms with E-state index >= 15 is 0 Å². The van der Waals surface area contributed by atoms with E-state index in [0.717, 1.165) is 38.7 Å². The van der Waals surface area contributed by atoms with Gasteiger partial charge in [-0.3, -0.25) is 0 Å². The van der Waals surface area contributed by atoms with Crippen LogP contribution < -0.4 is 0 Å². The zero-order valence-corrected chi connectivity index (χ0v) is 14.0. The Labute approximate surface area is 137 Å². The number of unbranched alkanes of at least 4 members (excludes halogenated alkanes) is 2. The maximum Gasteiger partial charge on any atom is 0.343 e. The average Bonchev–Trinajstić information content (AvgIpc) is 2.54. The molecule has 0 radical (unpaired) electrons. The molecule has 0 unspecified atom stereocenters. The van der Waals surface area contributed by atoms with Crippen molar-refractivity contribution in [2.24, 2.45) is 5.92 Å². The normalized spacial score (nSPS) is 21.2. The highest BCUT2D eigenvalue weighted by atomic mass is 19.1. The van der Waals surface area contributed by atoms with Gasteiger partial charge in [0.15, 0.2) is 0 Å². The van der Waals surface area contributed by atoms with Gasteiger partial charge in [-0.2, -0.15) is 0 Å². The summed E-state index contributed by atoms with van der Waals surface area (Å²) >= 11 is 0. The largest absolute Gasteiger partial charge is 0.465 e. The fourth-order valence-corrected chi connectivity index (χ4v) is 3.59. The highest BCUT2D eigenvalue weighted by Crippen LogP contribution is 2.38. The maximum absolute atomic E-state index is 14.0. The van der Waals surface area contributed by atoms with Gasteiger partial charge < -0.3 is 4.74 Å². The standard InChI is InChI=1S/C19H26F2O2/c1-3-4-5-6-13-7-9-14(10-8-13)15-11-16(20)18(17(21)12-15)19(22)23-2/h11-14H,3-10H2,1-2H3. The van der Waals surface area contributed by atoms with Crippen LogP contribution in [0.15, 0.2) is 12.1 Å². The molecule has 1 aliphatic carbocycles. The van der Waals surface area contributed by atoms with Crippen molar-refractivity contribution < 1.29 is 18.3 Å². The van der Waals surface area contributed by atoms with E-state index in [1.807, 2.05) is 0 Å². The minimum atomic E-state index is -0.966. The van der Waals surface area contributed by atoms with Gasteiger partial charge >= 0.3 is 5.97 Å². The molecule has 1 aliphatic rings. The molecule has 0 N–H and O–H groups in total. The zero-order chi connectivity index (χ0) is 16.8. The van der Waals surface area contributed by atoms with Gasteiger partial charge in [0, 0.05) is 0 Å². The summed E-state index contributed by atoms with van der Waals surface area (Å²) in [6, 6.07) is 2.61. The number of hydrogen-bond donors (Lipinski definition) is 0. The molecule has 0 bridgehead atoms. The first kappa shape index (κ1) is 17.9. The minimum absolute atomic E-state index is 0.188. The third kappa shape index (κ3) is 4.52. The summed E-state index contributed by atoms with van der Waals surface area (Å²) in [5.74, 6) is -1.67. The molecular weight excluding hydrogens is 298 g/mol. The molecule has 0 aromatic heterocycles. The topological polar surface area (TPSA) is 26.3 Å². The Balaban J connectivity index is 2.00. The summed E-state index contributed by atoms with van der Waals surface area (Å²) in [4.78, 5) is 11.4. The lowest BCUT2D eigenvalue weighted by Gasteiger charge is -2.29. The Morgan fingerprint density at radius 2 is 1.74 bits per heavy atom. The second-order valence-corrected chi connectivity index (χ2v) is 6.56. The van der Waals surface area contributed by atoms with Gasteiger partial charge in [0.05, 0.1) is 7.11 Å². The Morgan fingerprint density at radius 1 is 1.13 bits per heavy atom. The summed E-state index contributed by atoms with van der Waals surface area (Å²) in [5.41, 5.74) is 0.0733. The van der Waals surface area contributed by atoms with Gasteiger partial charge in [0.2, 0.25) is 0 Å². The Bertz CT molecular complexity index is 511. The number of carbonyl (C=O) groups is 1. The number of carbonyl (C=O) groups excluding carboxylic acids is 1. The van der Waals surface area contributed by atoms with E-state index < -0.39 is 23.2 Å². The van der Waals surface area contributed by atoms with Crippen molar-refractivity contribution in [2.45, 2.75) is 64.2 Å². The van der Waals surface area contributed by atoms with E-state index in [0.29, 0.717) is 5.56 Å². The molecule has 2 nitrogen and oxygen atoms in total. The van der Waals surface area contributed by atoms with Gasteiger partial charge in [-0.1, -0.05) is 32.6 Å². The third-order valence-electron chi connectivity index (χ3n) is 4.99. The van der Waals surface area contributed by atoms with Crippen LogP contribution in [0.3, 0.4) is 0 Å². The molecule has 0 saturated heterocycles. The van der Waals surface area contributed by atoms with Crippen LogP contribution in [-0.4, -0.2) is 13.1 Å². The number of methoxy groups -OCH3 is 1. The lowest BCUT2D eigenvalue weighted by molar-refractivity contribution is 0.0589. The fourth-order valence-electron chi connectivity index (χ4n) is 3.59. The molecule has 0 amide bonds. The maximum atomic E-state index is 14.0. The van der Waals surface area contributed by atoms with Crippen molar-refractivity contribution in [1.82, 2.24) is 0 Å². The predicted octanol–water partition coefficient (Wildman–Crippen LogP) is 5.61. The molecule has 23 heavy (non-hydrogen) atoms. The van der Waals surface area contributed by atoms with E-state index in [2.05, 4.69) is 11.7 Å². The molecular formula is C19H26F2O2. The van der Waals surface area contributed by atoms with Crippen molar-refractivity contribution in [3.8, 4) is 0 Å². The second-order valence-electron chi connectivity index (χ2n) is 6.56. The number of ether oxygens (including phenoxy) is 1. The Kier molecular flexibility index (Phi) is 6.55. The monoisotopic (exact) mass is 324 g/mol. The molecule has 4 heteroatoms. The first-order valence-corrected chi connectivity index (χ1v) is 8.64. The van der Waals surface area contributed by atoms with Crippen LogP contribution in [0, 0.1) is 17.6 Å². The Morgan fingerprint density at radius 3 is 2.26 bits per heavy atom. The lowest BCUT2D eigenvalue weighted by atomic mass is 9.77. The van der Waals surface area contributed by atoms with Crippen molar-refractivity contribution in [1.29, 1.82) is 0 Å². The van der Waals surface area contributed by atoms with E-state index in [9.17, 15) is 13.6 Å². The number of rotatable bonds is 6. The molecule has 1 aromatic rings. The van der Waals surface area contributed by atoms with E-state index in [4.69, 9.17) is 0 Å². The third-order valence-corrected chi connectivity index (χ3v) is 4.99. The van der Waals surface area contributed by atoms with Gasteiger partial charge in [-0.15, -0.1) is 0 Å². The molecule has 1 fully saturated rings. The average molecular weight is 324 g/mol. The number of hydrogen-bond acceptors (Lipinski definition) is 2. The zero-order valence-electron chi connectivity index (χ0n) is 14.0. The first-order chi connectivity index (χ1) is 11.1. The highest BCUT2D eigenvalue weighted by Gasteiger charge is 2.25. The van der Waals surface area contributed by atoms with Gasteiger partial charge in [-0.25, -0.2) is 13.6 Å². The first-order valence-electron chi connectivity index (χ1n) is 8.64. The number of esters is 1. The van der Waals surface area contributed by atoms with Crippen molar-refractivity contribution >= 4 is 5.97 Å². The fraction of sp³-hybridized carbons (Fsp3) is 0.632. The summed E-state index contributed by atoms with van der Waals surface area (Å²) in [6.45, 7) is 2.21. The van der Waals surface area contributed by atoms with Crippen LogP contribution in [0.1, 0.15) is 80.1 Å². The summed E-state index contributed by atoms with van der Waals surface area (Å²) in [7, 11) is 1.12. The van der Waals surface area contributed by atoms with E-state index in [-0.39, 0.29) is 5.92 Å². The van der Waals surface area contributed by atoms with Crippen LogP contribution in [-0.2, 0) is 4.74 Å². The van der Waals surface area contributed by atoms with Crippen molar-refractivity contribution in [3.63, 3.8) is 0 Å². The number of halogens is 2. The SMILES string of the molecule is CCCCCC1CCC(c2cc(F)c(C(=O)OC)c(F)c2)CC1. The molecule has 1 aromatic carbocycles. The van der Waals surface area contributed by atoms with E-state index in [1.54, 1.807) is 0 Å². The van der Waals surface area contributed by atoms with Crippen LogP contribution >= 0.6 is 0 Å². The lowest BCUT2D eigenvalue weighted by Crippen LogP contribution is -2.15. The highest BCUT2D eigenvalue weighted by molar-refractivity contribution is 5.90. The molecule has 128 valence electrons. The summed E-state index contributed by atoms with van der Waals surface area (Å²) < 4.78 is 32.5. The van der Waals surface area contributed by atoms with E-state index in [1.165, 1.54) is 37.8 Å². The molecule has 0 spiro atoms. The summed E-state index contributed by atoms with van der Waals surface area (Å²) in [5, 5.41) is 0. The van der Waals surface area contributed by atoms with Crippen LogP contribution in [0.25, 0.3) is 0 Å². The van der Waals surface area contributed by atoms with Crippen molar-refractivity contribution in [3.05, 3.63) is 34.9 Å². The minimum Gasteiger partial charge on any atom is -0.465 e. The van der Waals surface area contributed by atoms with Crippen molar-refractivity contribution in [2.75, 3.05) is 7.11 Å². The summed E-state index contributed by atoms with van der Waals surface area (Å²) in [6.07, 6.45) is 9.24. The predicted molar refractivity (Wildman–Crippen MR) is 86.5 cm³/mol. The quantitative estimate of drug-likeness (QED) is 0.502. The van der Waals surface area contributed by atoms with Gasteiger partial charge in [0.25, 0.3) is 0 Å². The molecule has 0 atom stereocenters. The number of benzene rings is 1. The van der Waals surface area contributed by atoms with Gasteiger partial charge in [-0.05, 0) is 55.2 Å². The van der Waals surface area contributed by atoms with Crippen LogP contribution in [0.4, 0.5) is 8.78 Å². The van der Waals surface area contributed by atoms with Crippen LogP contribution in [0.5, 0.6) is 0 Å². The Hall–Kier alpha value is -1.45. The smallest absolute Gasteiger partial charge is 0.343 e. The molecule has 1 saturated carbocycles. The molecule has 2 rings (SSSR count). The molecule has 0 aliphatic heterocycles. The molecule has 0 heterocycles. The van der Waals surface area contributed by atoms with Gasteiger partial charge in [0.1, 0.15) is 17.2 Å².